The molecular weight excluding hydrogens is 559 g/mol. The molecule has 10 heteroatoms. The quantitative estimate of drug-likeness (QED) is 0.233. The van der Waals surface area contributed by atoms with Gasteiger partial charge in [-0.3, -0.25) is 9.59 Å². The molecule has 0 saturated carbocycles. The molecule has 200 valence electrons. The fourth-order valence-corrected chi connectivity index (χ4v) is 5.35. The van der Waals surface area contributed by atoms with Gasteiger partial charge in [-0.2, -0.15) is 4.31 Å². The van der Waals surface area contributed by atoms with Crippen molar-refractivity contribution in [3.05, 3.63) is 123 Å². The largest absolute Gasteiger partial charge is 0.496 e. The van der Waals surface area contributed by atoms with Crippen molar-refractivity contribution in [3.8, 4) is 5.75 Å². The molecule has 1 N–H and O–H groups in total. The fourth-order valence-electron chi connectivity index (χ4n) is 3.91. The number of hydrogen-bond donors (Lipinski definition) is 1. The maximum atomic E-state index is 13.3. The number of rotatable bonds is 9. The van der Waals surface area contributed by atoms with Gasteiger partial charge in [0, 0.05) is 45.9 Å². The Balaban J connectivity index is 1.60. The van der Waals surface area contributed by atoms with Crippen molar-refractivity contribution >= 4 is 50.6 Å². The summed E-state index contributed by atoms with van der Waals surface area (Å²) in [6.45, 7) is -0.0616. The van der Waals surface area contributed by atoms with Gasteiger partial charge in [0.25, 0.3) is 5.91 Å². The van der Waals surface area contributed by atoms with E-state index in [0.29, 0.717) is 26.9 Å². The molecule has 4 aromatic rings. The molecule has 0 saturated heterocycles. The van der Waals surface area contributed by atoms with Crippen LogP contribution in [0.5, 0.6) is 5.75 Å². The SMILES string of the molecule is COc1ccc(C(=O)Nc2ccc(Cl)cc2C(=O)c2ccccc2)cc1CN(C)S(=O)(=O)c1ccc(Cl)cc1. The molecule has 0 atom stereocenters. The standard InChI is InChI=1S/C29H24Cl2N2O5S/c1-33(39(36,37)24-12-9-22(30)10-13-24)18-21-16-20(8-15-27(21)38-2)29(35)32-26-14-11-23(31)17-25(26)28(34)19-6-4-3-5-7-19/h3-17H,18H2,1-2H3,(H,32,35). The molecule has 0 aromatic heterocycles. The van der Waals surface area contributed by atoms with Gasteiger partial charge < -0.3 is 10.1 Å². The van der Waals surface area contributed by atoms with Gasteiger partial charge in [-0.15, -0.1) is 0 Å². The van der Waals surface area contributed by atoms with E-state index in [-0.39, 0.29) is 34.0 Å². The maximum absolute atomic E-state index is 13.3. The molecule has 0 fully saturated rings. The minimum atomic E-state index is -3.84. The second-order valence-electron chi connectivity index (χ2n) is 8.58. The number of nitrogens with one attached hydrogen (secondary N) is 1. The van der Waals surface area contributed by atoms with Crippen LogP contribution in [0.25, 0.3) is 0 Å². The van der Waals surface area contributed by atoms with Crippen molar-refractivity contribution in [1.29, 1.82) is 0 Å². The Labute approximate surface area is 237 Å². The highest BCUT2D eigenvalue weighted by Gasteiger charge is 2.23. The molecule has 0 unspecified atom stereocenters. The smallest absolute Gasteiger partial charge is 0.255 e. The van der Waals surface area contributed by atoms with Gasteiger partial charge in [0.15, 0.2) is 5.78 Å². The van der Waals surface area contributed by atoms with Crippen LogP contribution < -0.4 is 10.1 Å². The molecule has 0 aliphatic carbocycles. The lowest BCUT2D eigenvalue weighted by atomic mass is 10.0. The van der Waals surface area contributed by atoms with Crippen LogP contribution in [-0.2, 0) is 16.6 Å². The van der Waals surface area contributed by atoms with Crippen LogP contribution in [0.2, 0.25) is 10.0 Å². The Morgan fingerprint density at radius 3 is 2.18 bits per heavy atom. The summed E-state index contributed by atoms with van der Waals surface area (Å²) in [6, 6.07) is 23.9. The molecule has 1 amide bonds. The van der Waals surface area contributed by atoms with Gasteiger partial charge >= 0.3 is 0 Å². The van der Waals surface area contributed by atoms with Gasteiger partial charge in [-0.25, -0.2) is 8.42 Å². The zero-order valence-corrected chi connectivity index (χ0v) is 23.3. The lowest BCUT2D eigenvalue weighted by Crippen LogP contribution is -2.27. The van der Waals surface area contributed by atoms with Crippen molar-refractivity contribution in [2.45, 2.75) is 11.4 Å². The molecule has 0 radical (unpaired) electrons. The summed E-state index contributed by atoms with van der Waals surface area (Å²) in [4.78, 5) is 26.5. The minimum Gasteiger partial charge on any atom is -0.496 e. The number of benzene rings is 4. The van der Waals surface area contributed by atoms with Crippen LogP contribution in [0.3, 0.4) is 0 Å². The summed E-state index contributed by atoms with van der Waals surface area (Å²) < 4.78 is 32.7. The molecular formula is C29H24Cl2N2O5S. The number of ether oxygens (including phenoxy) is 1. The molecule has 0 aliphatic rings. The topological polar surface area (TPSA) is 92.8 Å². The van der Waals surface area contributed by atoms with E-state index in [1.807, 2.05) is 0 Å². The molecule has 0 aliphatic heterocycles. The van der Waals surface area contributed by atoms with Gasteiger partial charge in [-0.05, 0) is 60.7 Å². The lowest BCUT2D eigenvalue weighted by molar-refractivity contribution is 0.102. The first-order valence-corrected chi connectivity index (χ1v) is 13.9. The summed E-state index contributed by atoms with van der Waals surface area (Å²) in [5.41, 5.74) is 1.70. The predicted octanol–water partition coefficient (Wildman–Crippen LogP) is 6.31. The monoisotopic (exact) mass is 582 g/mol. The van der Waals surface area contributed by atoms with Crippen molar-refractivity contribution in [2.75, 3.05) is 19.5 Å². The third kappa shape index (κ3) is 6.49. The first kappa shape index (κ1) is 28.3. The van der Waals surface area contributed by atoms with Crippen LogP contribution in [0.4, 0.5) is 5.69 Å². The Hall–Kier alpha value is -3.69. The second kappa shape index (κ2) is 12.0. The Morgan fingerprint density at radius 2 is 1.51 bits per heavy atom. The Bertz CT molecular complexity index is 1630. The number of amides is 1. The van der Waals surface area contributed by atoms with E-state index >= 15 is 0 Å². The number of carbonyl (C=O) groups excluding carboxylic acids is 2. The van der Waals surface area contributed by atoms with Gasteiger partial charge in [0.1, 0.15) is 5.75 Å². The summed E-state index contributed by atoms with van der Waals surface area (Å²) in [6.07, 6.45) is 0. The number of nitrogens with zero attached hydrogens (tertiary/aromatic N) is 1. The highest BCUT2D eigenvalue weighted by molar-refractivity contribution is 7.89. The van der Waals surface area contributed by atoms with E-state index in [0.717, 1.165) is 4.31 Å². The summed E-state index contributed by atoms with van der Waals surface area (Å²) in [5.74, 6) is -0.374. The Morgan fingerprint density at radius 1 is 0.846 bits per heavy atom. The van der Waals surface area contributed by atoms with E-state index in [4.69, 9.17) is 27.9 Å². The molecule has 4 aromatic carbocycles. The second-order valence-corrected chi connectivity index (χ2v) is 11.5. The molecule has 7 nitrogen and oxygen atoms in total. The number of sulfonamides is 1. The van der Waals surface area contributed by atoms with Gasteiger partial charge in [-0.1, -0.05) is 53.5 Å². The third-order valence-electron chi connectivity index (χ3n) is 5.97. The van der Waals surface area contributed by atoms with Gasteiger partial charge in [0.05, 0.1) is 17.7 Å². The summed E-state index contributed by atoms with van der Waals surface area (Å²) in [7, 11) is -0.942. The van der Waals surface area contributed by atoms with E-state index in [9.17, 15) is 18.0 Å². The maximum Gasteiger partial charge on any atom is 0.255 e. The van der Waals surface area contributed by atoms with Crippen LogP contribution >= 0.6 is 23.2 Å². The van der Waals surface area contributed by atoms with Crippen molar-refractivity contribution in [2.24, 2.45) is 0 Å². The Kier molecular flexibility index (Phi) is 8.72. The number of carbonyl (C=O) groups is 2. The third-order valence-corrected chi connectivity index (χ3v) is 8.27. The van der Waals surface area contributed by atoms with E-state index in [1.165, 1.54) is 44.5 Å². The molecule has 0 bridgehead atoms. The lowest BCUT2D eigenvalue weighted by Gasteiger charge is -2.19. The summed E-state index contributed by atoms with van der Waals surface area (Å²) >= 11 is 12.0. The predicted molar refractivity (Wildman–Crippen MR) is 152 cm³/mol. The van der Waals surface area contributed by atoms with Gasteiger partial charge in [0.2, 0.25) is 10.0 Å². The molecule has 4 rings (SSSR count). The number of methoxy groups -OCH3 is 1. The number of hydrogen-bond acceptors (Lipinski definition) is 5. The fraction of sp³-hybridized carbons (Fsp3) is 0.103. The number of ketones is 1. The summed E-state index contributed by atoms with van der Waals surface area (Å²) in [5, 5.41) is 3.55. The zero-order valence-electron chi connectivity index (χ0n) is 21.0. The molecule has 39 heavy (non-hydrogen) atoms. The van der Waals surface area contributed by atoms with Crippen molar-refractivity contribution in [1.82, 2.24) is 4.31 Å². The van der Waals surface area contributed by atoms with Crippen molar-refractivity contribution < 1.29 is 22.7 Å². The number of halogens is 2. The van der Waals surface area contributed by atoms with Crippen LogP contribution in [-0.4, -0.2) is 38.6 Å². The highest BCUT2D eigenvalue weighted by Crippen LogP contribution is 2.27. The number of anilines is 1. The zero-order chi connectivity index (χ0) is 28.2. The minimum absolute atomic E-state index is 0.0616. The highest BCUT2D eigenvalue weighted by atomic mass is 35.5. The average Bonchev–Trinajstić information content (AvgIpc) is 2.94. The van der Waals surface area contributed by atoms with Crippen LogP contribution in [0.1, 0.15) is 31.8 Å². The van der Waals surface area contributed by atoms with E-state index in [1.54, 1.807) is 60.7 Å². The first-order chi connectivity index (χ1) is 18.6. The van der Waals surface area contributed by atoms with E-state index in [2.05, 4.69) is 5.32 Å². The van der Waals surface area contributed by atoms with Crippen LogP contribution in [0.15, 0.2) is 95.9 Å². The molecule has 0 heterocycles. The van der Waals surface area contributed by atoms with E-state index < -0.39 is 15.9 Å². The molecule has 0 spiro atoms. The van der Waals surface area contributed by atoms with Crippen LogP contribution in [0, 0.1) is 0 Å². The van der Waals surface area contributed by atoms with Crippen molar-refractivity contribution in [3.63, 3.8) is 0 Å². The normalized spacial score (nSPS) is 11.3. The first-order valence-electron chi connectivity index (χ1n) is 11.7. The average molecular weight is 583 g/mol.